The summed E-state index contributed by atoms with van der Waals surface area (Å²) >= 11 is 2.46. The Labute approximate surface area is 80.3 Å². The molecular formula is C8H12INO. The predicted molar refractivity (Wildman–Crippen MR) is 51.7 cm³/mol. The topological polar surface area (TPSA) is 29.1 Å². The molecule has 11 heavy (non-hydrogen) atoms. The van der Waals surface area contributed by atoms with Crippen molar-refractivity contribution >= 4 is 28.5 Å². The molecule has 1 saturated carbocycles. The van der Waals surface area contributed by atoms with Gasteiger partial charge in [0.05, 0.1) is 0 Å². The van der Waals surface area contributed by atoms with Gasteiger partial charge in [-0.25, -0.2) is 0 Å². The zero-order valence-corrected chi connectivity index (χ0v) is 8.50. The zero-order valence-electron chi connectivity index (χ0n) is 6.35. The van der Waals surface area contributed by atoms with Crippen molar-refractivity contribution in [3.05, 3.63) is 0 Å². The van der Waals surface area contributed by atoms with Gasteiger partial charge in [-0.2, -0.15) is 0 Å². The van der Waals surface area contributed by atoms with E-state index in [1.54, 1.807) is 0 Å². The molecule has 3 heteroatoms. The maximum atomic E-state index is 11.1. The highest BCUT2D eigenvalue weighted by atomic mass is 127. The van der Waals surface area contributed by atoms with Crippen molar-refractivity contribution in [2.24, 2.45) is 5.92 Å². The van der Waals surface area contributed by atoms with Crippen LogP contribution in [-0.2, 0) is 4.79 Å². The van der Waals surface area contributed by atoms with Crippen LogP contribution in [0.4, 0.5) is 0 Å². The fourth-order valence-electron chi connectivity index (χ4n) is 2.08. The molecule has 1 heterocycles. The summed E-state index contributed by atoms with van der Waals surface area (Å²) < 4.78 is 0.674. The van der Waals surface area contributed by atoms with Crippen molar-refractivity contribution in [1.29, 1.82) is 0 Å². The Morgan fingerprint density at radius 2 is 2.27 bits per heavy atom. The number of halogens is 1. The van der Waals surface area contributed by atoms with Gasteiger partial charge in [-0.3, -0.25) is 4.79 Å². The van der Waals surface area contributed by atoms with E-state index in [9.17, 15) is 4.79 Å². The number of carbonyl (C=O) groups is 1. The summed E-state index contributed by atoms with van der Waals surface area (Å²) in [5.41, 5.74) is 0. The highest BCUT2D eigenvalue weighted by Crippen LogP contribution is 2.34. The first-order chi connectivity index (χ1) is 5.25. The normalized spacial score (nSPS) is 43.4. The molecule has 2 bridgehead atoms. The van der Waals surface area contributed by atoms with Gasteiger partial charge >= 0.3 is 0 Å². The molecule has 3 atom stereocenters. The fourth-order valence-corrected chi connectivity index (χ4v) is 2.92. The average molecular weight is 265 g/mol. The molecule has 1 N–H and O–H groups in total. The number of nitrogens with one attached hydrogen (secondary N) is 1. The number of rotatable bonds is 0. The van der Waals surface area contributed by atoms with E-state index in [0.29, 0.717) is 15.9 Å². The van der Waals surface area contributed by atoms with Gasteiger partial charge in [0.15, 0.2) is 0 Å². The number of carbonyl (C=O) groups excluding carboxylic acids is 1. The maximum Gasteiger partial charge on any atom is 0.220 e. The molecule has 1 aliphatic heterocycles. The van der Waals surface area contributed by atoms with Gasteiger partial charge in [-0.05, 0) is 25.2 Å². The summed E-state index contributed by atoms with van der Waals surface area (Å²) in [4.78, 5) is 11.1. The van der Waals surface area contributed by atoms with Gasteiger partial charge < -0.3 is 5.32 Å². The zero-order chi connectivity index (χ0) is 7.84. The average Bonchev–Trinajstić information content (AvgIpc) is 1.97. The van der Waals surface area contributed by atoms with Crippen molar-refractivity contribution in [2.45, 2.75) is 35.6 Å². The monoisotopic (exact) mass is 265 g/mol. The Bertz CT molecular complexity index is 183. The van der Waals surface area contributed by atoms with Crippen LogP contribution >= 0.6 is 22.6 Å². The third-order valence-corrected chi connectivity index (χ3v) is 4.19. The number of amides is 1. The van der Waals surface area contributed by atoms with Crippen LogP contribution in [0.3, 0.4) is 0 Å². The van der Waals surface area contributed by atoms with E-state index in [4.69, 9.17) is 0 Å². The van der Waals surface area contributed by atoms with E-state index in [0.717, 1.165) is 6.42 Å². The largest absolute Gasteiger partial charge is 0.352 e. The SMILES string of the molecule is O=C1C[C@@H]2CC[C@@H](I)[C@H](C2)N1. The lowest BCUT2D eigenvalue weighted by Crippen LogP contribution is -2.49. The van der Waals surface area contributed by atoms with Gasteiger partial charge in [0.25, 0.3) is 0 Å². The van der Waals surface area contributed by atoms with Gasteiger partial charge in [0.1, 0.15) is 0 Å². The molecule has 0 unspecified atom stereocenters. The Kier molecular flexibility index (Phi) is 2.08. The first kappa shape index (κ1) is 7.83. The van der Waals surface area contributed by atoms with Crippen LogP contribution in [0.15, 0.2) is 0 Å². The quantitative estimate of drug-likeness (QED) is 0.521. The Hall–Kier alpha value is 0.200. The van der Waals surface area contributed by atoms with Crippen LogP contribution in [0.2, 0.25) is 0 Å². The van der Waals surface area contributed by atoms with E-state index in [1.807, 2.05) is 0 Å². The van der Waals surface area contributed by atoms with Crippen LogP contribution in [0.5, 0.6) is 0 Å². The summed E-state index contributed by atoms with van der Waals surface area (Å²) in [7, 11) is 0. The minimum absolute atomic E-state index is 0.271. The Morgan fingerprint density at radius 3 is 3.09 bits per heavy atom. The molecular weight excluding hydrogens is 253 g/mol. The summed E-state index contributed by atoms with van der Waals surface area (Å²) in [6.07, 6.45) is 4.55. The second-order valence-corrected chi connectivity index (χ2v) is 5.17. The van der Waals surface area contributed by atoms with E-state index >= 15 is 0 Å². The van der Waals surface area contributed by atoms with Crippen molar-refractivity contribution in [1.82, 2.24) is 5.32 Å². The number of piperidine rings is 1. The van der Waals surface area contributed by atoms with Crippen molar-refractivity contribution < 1.29 is 4.79 Å². The number of hydrogen-bond donors (Lipinski definition) is 1. The lowest BCUT2D eigenvalue weighted by atomic mass is 9.81. The first-order valence-corrected chi connectivity index (χ1v) is 5.43. The molecule has 2 nitrogen and oxygen atoms in total. The Morgan fingerprint density at radius 1 is 1.45 bits per heavy atom. The molecule has 1 amide bonds. The lowest BCUT2D eigenvalue weighted by Gasteiger charge is -2.37. The minimum Gasteiger partial charge on any atom is -0.352 e. The van der Waals surface area contributed by atoms with Crippen LogP contribution in [0, 0.1) is 5.92 Å². The summed E-state index contributed by atoms with van der Waals surface area (Å²) in [6.45, 7) is 0. The Balaban J connectivity index is 2.08. The first-order valence-electron chi connectivity index (χ1n) is 4.19. The third kappa shape index (κ3) is 1.53. The van der Waals surface area contributed by atoms with Crippen LogP contribution in [0.1, 0.15) is 25.7 Å². The molecule has 1 saturated heterocycles. The highest BCUT2D eigenvalue weighted by molar-refractivity contribution is 14.1. The van der Waals surface area contributed by atoms with Crippen LogP contribution < -0.4 is 5.32 Å². The molecule has 2 rings (SSSR count). The smallest absolute Gasteiger partial charge is 0.220 e. The van der Waals surface area contributed by atoms with Crippen molar-refractivity contribution in [3.8, 4) is 0 Å². The second-order valence-electron chi connectivity index (χ2n) is 3.57. The summed E-state index contributed by atoms with van der Waals surface area (Å²) in [5.74, 6) is 0.965. The van der Waals surface area contributed by atoms with Crippen LogP contribution in [-0.4, -0.2) is 15.9 Å². The third-order valence-electron chi connectivity index (χ3n) is 2.70. The molecule has 0 radical (unpaired) electrons. The maximum absolute atomic E-state index is 11.1. The molecule has 0 spiro atoms. The van der Waals surface area contributed by atoms with Gasteiger partial charge in [-0.15, -0.1) is 0 Å². The van der Waals surface area contributed by atoms with Crippen molar-refractivity contribution in [3.63, 3.8) is 0 Å². The molecule has 2 fully saturated rings. The van der Waals surface area contributed by atoms with Crippen molar-refractivity contribution in [2.75, 3.05) is 0 Å². The van der Waals surface area contributed by atoms with E-state index in [-0.39, 0.29) is 5.91 Å². The number of hydrogen-bond acceptors (Lipinski definition) is 1. The van der Waals surface area contributed by atoms with Gasteiger partial charge in [0, 0.05) is 16.4 Å². The summed E-state index contributed by atoms with van der Waals surface area (Å²) in [6, 6.07) is 0.482. The van der Waals surface area contributed by atoms with E-state index < -0.39 is 0 Å². The lowest BCUT2D eigenvalue weighted by molar-refractivity contribution is -0.125. The molecule has 0 aromatic heterocycles. The summed E-state index contributed by atoms with van der Waals surface area (Å²) in [5, 5.41) is 3.05. The van der Waals surface area contributed by atoms with E-state index in [1.165, 1.54) is 19.3 Å². The molecule has 0 aromatic rings. The fraction of sp³-hybridized carbons (Fsp3) is 0.875. The highest BCUT2D eigenvalue weighted by Gasteiger charge is 2.34. The minimum atomic E-state index is 0.271. The molecule has 1 aliphatic carbocycles. The number of fused-ring (bicyclic) bond motifs is 2. The molecule has 0 aromatic carbocycles. The van der Waals surface area contributed by atoms with Gasteiger partial charge in [-0.1, -0.05) is 22.6 Å². The molecule has 2 aliphatic rings. The van der Waals surface area contributed by atoms with Gasteiger partial charge in [0.2, 0.25) is 5.91 Å². The predicted octanol–water partition coefficient (Wildman–Crippen LogP) is 1.48. The standard InChI is InChI=1S/C8H12INO/c9-6-2-1-5-3-7(6)10-8(11)4-5/h5-7H,1-4H2,(H,10,11)/t5-,6-,7+/m1/s1. The van der Waals surface area contributed by atoms with Crippen LogP contribution in [0.25, 0.3) is 0 Å². The molecule has 62 valence electrons. The van der Waals surface area contributed by atoms with E-state index in [2.05, 4.69) is 27.9 Å². The number of alkyl halides is 1. The second kappa shape index (κ2) is 2.92.